The first-order valence-electron chi connectivity index (χ1n) is 11.0. The summed E-state index contributed by atoms with van der Waals surface area (Å²) in [5.74, 6) is 0.871. The summed E-state index contributed by atoms with van der Waals surface area (Å²) in [4.78, 5) is 0. The molecule has 0 bridgehead atoms. The molecule has 0 unspecified atom stereocenters. The molecule has 0 fully saturated rings. The van der Waals surface area contributed by atoms with Gasteiger partial charge in [-0.05, 0) is 35.1 Å². The number of methoxy groups -OCH3 is 1. The fraction of sp³-hybridized carbons (Fsp3) is 0.267. The maximum Gasteiger partial charge on any atom is 4.00 e. The summed E-state index contributed by atoms with van der Waals surface area (Å²) in [5.41, 5.74) is 10.2. The smallest absolute Gasteiger partial charge is 1.00 e. The van der Waals surface area contributed by atoms with E-state index in [1.54, 1.807) is 7.11 Å². The van der Waals surface area contributed by atoms with Crippen LogP contribution in [0.4, 0.5) is 0 Å². The van der Waals surface area contributed by atoms with Crippen molar-refractivity contribution in [2.24, 2.45) is 5.41 Å². The number of hydrogen-bond donors (Lipinski definition) is 0. The van der Waals surface area contributed by atoms with Gasteiger partial charge in [0.1, 0.15) is 0 Å². The molecule has 0 saturated heterocycles. The number of benzene rings is 3. The van der Waals surface area contributed by atoms with E-state index in [1.165, 1.54) is 39.0 Å². The molecule has 0 heterocycles. The van der Waals surface area contributed by atoms with Crippen molar-refractivity contribution in [2.45, 2.75) is 40.5 Å². The Kier molecular flexibility index (Phi) is 11.9. The number of fused-ring (bicyclic) bond motifs is 3. The van der Waals surface area contributed by atoms with Gasteiger partial charge in [-0.3, -0.25) is 0 Å². The Morgan fingerprint density at radius 3 is 2.23 bits per heavy atom. The minimum absolute atomic E-state index is 0. The summed E-state index contributed by atoms with van der Waals surface area (Å²) in [6, 6.07) is 21.8. The predicted octanol–water partition coefficient (Wildman–Crippen LogP) is 2.50. The number of allylic oxidation sites excluding steroid dienone is 4. The SMILES string of the molecule is CC1=[C-]C(C(C)(C)C)=CC1.COc1c[c-]c(-c2ccccc2)c2c1-c1ccc(Cl)cc1C2.[Cl-].[Cl-].[Ti+4]. The van der Waals surface area contributed by atoms with E-state index in [0.29, 0.717) is 0 Å². The Bertz CT molecular complexity index is 1210. The van der Waals surface area contributed by atoms with Gasteiger partial charge in [-0.2, -0.15) is 5.57 Å². The summed E-state index contributed by atoms with van der Waals surface area (Å²) >= 11 is 6.16. The summed E-state index contributed by atoms with van der Waals surface area (Å²) < 4.78 is 5.57. The first-order chi connectivity index (χ1) is 15.3. The third-order valence-electron chi connectivity index (χ3n) is 5.95. The molecule has 0 atom stereocenters. The van der Waals surface area contributed by atoms with Crippen molar-refractivity contribution in [1.82, 2.24) is 0 Å². The molecule has 0 N–H and O–H groups in total. The van der Waals surface area contributed by atoms with Gasteiger partial charge in [-0.25, -0.2) is 17.7 Å². The maximum absolute atomic E-state index is 6.16. The minimum Gasteiger partial charge on any atom is -1.00 e. The molecule has 0 aromatic heterocycles. The van der Waals surface area contributed by atoms with E-state index in [4.69, 9.17) is 16.3 Å². The average molecular weight is 560 g/mol. The van der Waals surface area contributed by atoms with Gasteiger partial charge in [0.15, 0.2) is 0 Å². The zero-order valence-electron chi connectivity index (χ0n) is 20.7. The van der Waals surface area contributed by atoms with Crippen LogP contribution in [-0.4, -0.2) is 7.11 Å². The van der Waals surface area contributed by atoms with Gasteiger partial charge in [0.2, 0.25) is 0 Å². The summed E-state index contributed by atoms with van der Waals surface area (Å²) in [7, 11) is 1.71. The van der Waals surface area contributed by atoms with Crippen LogP contribution in [0, 0.1) is 17.6 Å². The summed E-state index contributed by atoms with van der Waals surface area (Å²) in [6.45, 7) is 8.81. The van der Waals surface area contributed by atoms with Crippen LogP contribution in [0.3, 0.4) is 0 Å². The number of halogens is 3. The van der Waals surface area contributed by atoms with Gasteiger partial charge in [0.25, 0.3) is 0 Å². The molecular formula is C30H29Cl3OTi. The van der Waals surface area contributed by atoms with E-state index in [1.807, 2.05) is 24.3 Å². The zero-order chi connectivity index (χ0) is 22.9. The molecule has 3 aromatic rings. The van der Waals surface area contributed by atoms with E-state index < -0.39 is 0 Å². The summed E-state index contributed by atoms with van der Waals surface area (Å²) in [5, 5.41) is 0.774. The van der Waals surface area contributed by atoms with Gasteiger partial charge in [-0.15, -0.1) is 23.3 Å². The van der Waals surface area contributed by atoms with Crippen LogP contribution in [-0.2, 0) is 28.1 Å². The number of hydrogen-bond acceptors (Lipinski definition) is 1. The van der Waals surface area contributed by atoms with Crippen LogP contribution >= 0.6 is 11.6 Å². The van der Waals surface area contributed by atoms with Crippen molar-refractivity contribution in [3.8, 4) is 28.0 Å². The van der Waals surface area contributed by atoms with Gasteiger partial charge < -0.3 is 29.6 Å². The monoisotopic (exact) mass is 558 g/mol. The van der Waals surface area contributed by atoms with E-state index in [-0.39, 0.29) is 51.9 Å². The van der Waals surface area contributed by atoms with Crippen LogP contribution in [0.2, 0.25) is 5.02 Å². The van der Waals surface area contributed by atoms with Crippen molar-refractivity contribution in [3.05, 3.63) is 100 Å². The molecule has 5 heteroatoms. The maximum atomic E-state index is 6.16. The molecular weight excluding hydrogens is 531 g/mol. The van der Waals surface area contributed by atoms with E-state index in [2.05, 4.69) is 76.2 Å². The minimum atomic E-state index is 0. The molecule has 3 aromatic carbocycles. The van der Waals surface area contributed by atoms with Crippen LogP contribution in [0.15, 0.2) is 71.8 Å². The van der Waals surface area contributed by atoms with Gasteiger partial charge in [-0.1, -0.05) is 93.2 Å². The van der Waals surface area contributed by atoms with Gasteiger partial charge >= 0.3 is 21.7 Å². The Labute approximate surface area is 242 Å². The molecule has 0 aliphatic heterocycles. The van der Waals surface area contributed by atoms with E-state index in [9.17, 15) is 0 Å². The van der Waals surface area contributed by atoms with E-state index in [0.717, 1.165) is 29.2 Å². The van der Waals surface area contributed by atoms with Gasteiger partial charge in [0, 0.05) is 10.8 Å². The number of ether oxygens (including phenoxy) is 1. The second kappa shape index (κ2) is 13.2. The average Bonchev–Trinajstić information content (AvgIpc) is 3.37. The summed E-state index contributed by atoms with van der Waals surface area (Å²) in [6.07, 6.45) is 7.61. The third-order valence-corrected chi connectivity index (χ3v) is 6.19. The fourth-order valence-corrected chi connectivity index (χ4v) is 4.48. The first-order valence-corrected chi connectivity index (χ1v) is 11.4. The molecule has 35 heavy (non-hydrogen) atoms. The Balaban J connectivity index is 0.000000407. The molecule has 5 rings (SSSR count). The molecule has 0 saturated carbocycles. The molecule has 1 nitrogen and oxygen atoms in total. The Hall–Kier alpha value is -1.48. The number of rotatable bonds is 2. The second-order valence-corrected chi connectivity index (χ2v) is 9.84. The van der Waals surface area contributed by atoms with Crippen LogP contribution in [0.1, 0.15) is 45.2 Å². The molecule has 0 spiro atoms. The molecule has 180 valence electrons. The van der Waals surface area contributed by atoms with Crippen molar-refractivity contribution < 1.29 is 51.3 Å². The first kappa shape index (κ1) is 31.6. The van der Waals surface area contributed by atoms with Crippen molar-refractivity contribution >= 4 is 11.6 Å². The fourth-order valence-electron chi connectivity index (χ4n) is 4.29. The topological polar surface area (TPSA) is 9.23 Å². The molecule has 0 radical (unpaired) electrons. The largest absolute Gasteiger partial charge is 4.00 e. The Morgan fingerprint density at radius 1 is 1.00 bits per heavy atom. The quantitative estimate of drug-likeness (QED) is 0.271. The van der Waals surface area contributed by atoms with Crippen molar-refractivity contribution in [3.63, 3.8) is 0 Å². The van der Waals surface area contributed by atoms with Crippen molar-refractivity contribution in [1.29, 1.82) is 0 Å². The molecule has 2 aliphatic carbocycles. The normalized spacial score (nSPS) is 12.9. The Morgan fingerprint density at radius 2 is 1.69 bits per heavy atom. The van der Waals surface area contributed by atoms with Crippen LogP contribution in [0.25, 0.3) is 22.3 Å². The molecule has 2 aliphatic rings. The van der Waals surface area contributed by atoms with Crippen LogP contribution < -0.4 is 29.6 Å². The standard InChI is InChI=1S/C20H14ClO.C10H15.2ClH.Ti/c1-22-19-10-9-16(13-5-3-2-4-6-13)18-12-14-11-15(21)7-8-17(14)20(18)19;1-8-5-6-9(7-8)10(2,3)4;;;/h2-8,10-11H,12H2,1H3;6H,5H2,1-4H3;2*1H;/q2*-1;;;+4/p-2. The van der Waals surface area contributed by atoms with E-state index >= 15 is 0 Å². The second-order valence-electron chi connectivity index (χ2n) is 9.41. The predicted molar refractivity (Wildman–Crippen MR) is 135 cm³/mol. The van der Waals surface area contributed by atoms with Gasteiger partial charge in [0.05, 0.1) is 7.11 Å². The zero-order valence-corrected chi connectivity index (χ0v) is 24.6. The van der Waals surface area contributed by atoms with Crippen molar-refractivity contribution in [2.75, 3.05) is 7.11 Å². The molecule has 0 amide bonds. The third kappa shape index (κ3) is 7.06. The van der Waals surface area contributed by atoms with Crippen LogP contribution in [0.5, 0.6) is 5.75 Å².